The molecule has 5 heteroatoms. The van der Waals surface area contributed by atoms with Gasteiger partial charge in [0, 0.05) is 13.2 Å². The molecule has 1 amide bonds. The van der Waals surface area contributed by atoms with E-state index < -0.39 is 0 Å². The van der Waals surface area contributed by atoms with Crippen LogP contribution in [0.5, 0.6) is 0 Å². The highest BCUT2D eigenvalue weighted by molar-refractivity contribution is 5.77. The average Bonchev–Trinajstić information content (AvgIpc) is 2.81. The number of aliphatic hydroxyl groups excluding tert-OH is 1. The van der Waals surface area contributed by atoms with Crippen LogP contribution >= 0.6 is 0 Å². The van der Waals surface area contributed by atoms with Gasteiger partial charge in [-0.3, -0.25) is 4.79 Å². The molecule has 1 N–H and O–H groups in total. The lowest BCUT2D eigenvalue weighted by Gasteiger charge is -2.35. The zero-order valence-electron chi connectivity index (χ0n) is 9.43. The van der Waals surface area contributed by atoms with Crippen LogP contribution in [0.3, 0.4) is 0 Å². The molecule has 2 atom stereocenters. The van der Waals surface area contributed by atoms with Crippen LogP contribution in [-0.4, -0.2) is 61.0 Å². The first-order valence-electron chi connectivity index (χ1n) is 5.91. The van der Waals surface area contributed by atoms with Gasteiger partial charge in [0.15, 0.2) is 0 Å². The van der Waals surface area contributed by atoms with Crippen molar-refractivity contribution in [2.75, 3.05) is 33.0 Å². The lowest BCUT2D eigenvalue weighted by Crippen LogP contribution is -2.51. The van der Waals surface area contributed by atoms with E-state index in [2.05, 4.69) is 0 Å². The van der Waals surface area contributed by atoms with E-state index in [9.17, 15) is 4.79 Å². The quantitative estimate of drug-likeness (QED) is 0.726. The molecule has 0 aromatic heterocycles. The molecule has 0 bridgehead atoms. The Morgan fingerprint density at radius 1 is 1.44 bits per heavy atom. The third kappa shape index (κ3) is 2.72. The van der Waals surface area contributed by atoms with Crippen LogP contribution in [0.2, 0.25) is 0 Å². The molecule has 2 aliphatic rings. The molecule has 2 aliphatic heterocycles. The topological polar surface area (TPSA) is 59.0 Å². The van der Waals surface area contributed by atoms with Crippen LogP contribution < -0.4 is 0 Å². The minimum Gasteiger partial charge on any atom is -0.394 e. The Labute approximate surface area is 95.3 Å². The number of rotatable bonds is 3. The van der Waals surface area contributed by atoms with Gasteiger partial charge in [-0.05, 0) is 12.8 Å². The summed E-state index contributed by atoms with van der Waals surface area (Å²) in [6.45, 7) is 2.32. The summed E-state index contributed by atoms with van der Waals surface area (Å²) >= 11 is 0. The van der Waals surface area contributed by atoms with Gasteiger partial charge in [0.1, 0.15) is 0 Å². The fourth-order valence-corrected chi connectivity index (χ4v) is 2.25. The molecular formula is C11H19NO4. The number of amides is 1. The average molecular weight is 229 g/mol. The Hall–Kier alpha value is -0.650. The number of carbonyl (C=O) groups excluding carboxylic acids is 1. The Bertz CT molecular complexity index is 240. The van der Waals surface area contributed by atoms with Gasteiger partial charge in [-0.25, -0.2) is 0 Å². The predicted molar refractivity (Wildman–Crippen MR) is 57.0 cm³/mol. The summed E-state index contributed by atoms with van der Waals surface area (Å²) in [6, 6.07) is -0.178. The van der Waals surface area contributed by atoms with Crippen molar-refractivity contribution in [3.8, 4) is 0 Å². The normalized spacial score (nSPS) is 30.7. The van der Waals surface area contributed by atoms with Gasteiger partial charge < -0.3 is 19.5 Å². The van der Waals surface area contributed by atoms with Gasteiger partial charge in [0.2, 0.25) is 5.91 Å². The summed E-state index contributed by atoms with van der Waals surface area (Å²) < 4.78 is 10.7. The summed E-state index contributed by atoms with van der Waals surface area (Å²) in [5.41, 5.74) is 0. The summed E-state index contributed by atoms with van der Waals surface area (Å²) in [7, 11) is 0. The van der Waals surface area contributed by atoms with Crippen molar-refractivity contribution in [1.29, 1.82) is 0 Å². The SMILES string of the molecule is O=C(CC1CCCO1)N1CCOCC1CO. The molecule has 0 aliphatic carbocycles. The highest BCUT2D eigenvalue weighted by atomic mass is 16.5. The van der Waals surface area contributed by atoms with Crippen LogP contribution in [0.1, 0.15) is 19.3 Å². The first kappa shape index (κ1) is 11.8. The minimum atomic E-state index is -0.178. The maximum Gasteiger partial charge on any atom is 0.225 e. The maximum absolute atomic E-state index is 12.0. The lowest BCUT2D eigenvalue weighted by molar-refractivity contribution is -0.143. The molecule has 2 fully saturated rings. The molecule has 2 saturated heterocycles. The van der Waals surface area contributed by atoms with E-state index in [1.54, 1.807) is 4.90 Å². The van der Waals surface area contributed by atoms with Crippen molar-refractivity contribution < 1.29 is 19.4 Å². The number of aliphatic hydroxyl groups is 1. The Morgan fingerprint density at radius 2 is 2.31 bits per heavy atom. The van der Waals surface area contributed by atoms with Crippen LogP contribution in [0.4, 0.5) is 0 Å². The molecule has 0 radical (unpaired) electrons. The molecule has 0 aromatic carbocycles. The Morgan fingerprint density at radius 3 is 3.00 bits per heavy atom. The third-order valence-electron chi connectivity index (χ3n) is 3.18. The number of carbonyl (C=O) groups is 1. The first-order valence-corrected chi connectivity index (χ1v) is 5.91. The lowest BCUT2D eigenvalue weighted by atomic mass is 10.1. The van der Waals surface area contributed by atoms with Gasteiger partial charge in [-0.2, -0.15) is 0 Å². The maximum atomic E-state index is 12.0. The van der Waals surface area contributed by atoms with Crippen LogP contribution in [0.15, 0.2) is 0 Å². The summed E-state index contributed by atoms with van der Waals surface area (Å²) in [5, 5.41) is 9.17. The van der Waals surface area contributed by atoms with Crippen molar-refractivity contribution in [2.45, 2.75) is 31.4 Å². The van der Waals surface area contributed by atoms with Crippen molar-refractivity contribution in [2.24, 2.45) is 0 Å². The van der Waals surface area contributed by atoms with Gasteiger partial charge in [0.05, 0.1) is 38.4 Å². The third-order valence-corrected chi connectivity index (χ3v) is 3.18. The second-order valence-corrected chi connectivity index (χ2v) is 4.34. The highest BCUT2D eigenvalue weighted by Gasteiger charge is 2.29. The second-order valence-electron chi connectivity index (χ2n) is 4.34. The number of nitrogens with zero attached hydrogens (tertiary/aromatic N) is 1. The number of hydrogen-bond acceptors (Lipinski definition) is 4. The van der Waals surface area contributed by atoms with Crippen LogP contribution in [0, 0.1) is 0 Å². The van der Waals surface area contributed by atoms with Crippen molar-refractivity contribution in [1.82, 2.24) is 4.90 Å². The van der Waals surface area contributed by atoms with E-state index in [1.165, 1.54) is 0 Å². The summed E-state index contributed by atoms with van der Waals surface area (Å²) in [5.74, 6) is 0.0780. The fraction of sp³-hybridized carbons (Fsp3) is 0.909. The second kappa shape index (κ2) is 5.61. The molecule has 2 unspecified atom stereocenters. The van der Waals surface area contributed by atoms with Crippen molar-refractivity contribution >= 4 is 5.91 Å². The first-order chi connectivity index (χ1) is 7.81. The largest absolute Gasteiger partial charge is 0.394 e. The fourth-order valence-electron chi connectivity index (χ4n) is 2.25. The van der Waals surface area contributed by atoms with Crippen molar-refractivity contribution in [3.63, 3.8) is 0 Å². The number of ether oxygens (including phenoxy) is 2. The summed E-state index contributed by atoms with van der Waals surface area (Å²) in [6.07, 6.45) is 2.54. The van der Waals surface area contributed by atoms with Crippen LogP contribution in [0.25, 0.3) is 0 Å². The van der Waals surface area contributed by atoms with Gasteiger partial charge in [-0.15, -0.1) is 0 Å². The standard InChI is InChI=1S/C11H19NO4/c13-7-9-8-15-5-3-12(9)11(14)6-10-2-1-4-16-10/h9-10,13H,1-8H2. The van der Waals surface area contributed by atoms with Gasteiger partial charge in [-0.1, -0.05) is 0 Å². The van der Waals surface area contributed by atoms with Gasteiger partial charge >= 0.3 is 0 Å². The van der Waals surface area contributed by atoms with Crippen molar-refractivity contribution in [3.05, 3.63) is 0 Å². The monoisotopic (exact) mass is 229 g/mol. The van der Waals surface area contributed by atoms with E-state index in [1.807, 2.05) is 0 Å². The number of morpholine rings is 1. The zero-order valence-corrected chi connectivity index (χ0v) is 9.43. The van der Waals surface area contributed by atoms with E-state index in [0.29, 0.717) is 26.2 Å². The van der Waals surface area contributed by atoms with E-state index in [-0.39, 0.29) is 24.7 Å². The molecule has 92 valence electrons. The predicted octanol–water partition coefficient (Wildman–Crippen LogP) is -0.225. The molecule has 2 heterocycles. The molecule has 5 nitrogen and oxygen atoms in total. The van der Waals surface area contributed by atoms with E-state index in [4.69, 9.17) is 14.6 Å². The molecule has 2 rings (SSSR count). The minimum absolute atomic E-state index is 0.0305. The zero-order chi connectivity index (χ0) is 11.4. The Balaban J connectivity index is 1.86. The highest BCUT2D eigenvalue weighted by Crippen LogP contribution is 2.18. The molecular weight excluding hydrogens is 210 g/mol. The van der Waals surface area contributed by atoms with E-state index in [0.717, 1.165) is 19.4 Å². The molecule has 0 spiro atoms. The summed E-state index contributed by atoms with van der Waals surface area (Å²) in [4.78, 5) is 13.7. The smallest absolute Gasteiger partial charge is 0.225 e. The van der Waals surface area contributed by atoms with Gasteiger partial charge in [0.25, 0.3) is 0 Å². The number of hydrogen-bond donors (Lipinski definition) is 1. The Kier molecular flexibility index (Phi) is 4.15. The molecule has 0 saturated carbocycles. The van der Waals surface area contributed by atoms with E-state index >= 15 is 0 Å². The molecule has 16 heavy (non-hydrogen) atoms. The molecule has 0 aromatic rings. The van der Waals surface area contributed by atoms with Crippen LogP contribution in [-0.2, 0) is 14.3 Å².